The molecule has 2 aromatic rings. The summed E-state index contributed by atoms with van der Waals surface area (Å²) in [6.07, 6.45) is 1.89. The second-order valence-electron chi connectivity index (χ2n) is 5.77. The Kier molecular flexibility index (Phi) is 6.82. The topological polar surface area (TPSA) is 53.4 Å². The molecule has 1 heterocycles. The molecule has 0 amide bonds. The zero-order valence-electron chi connectivity index (χ0n) is 14.8. The minimum absolute atomic E-state index is 0.0997. The molecule has 0 saturated carbocycles. The average molecular weight is 318 g/mol. The lowest BCUT2D eigenvalue weighted by molar-refractivity contribution is -0.157. The van der Waals surface area contributed by atoms with E-state index in [4.69, 9.17) is 9.47 Å². The van der Waals surface area contributed by atoms with E-state index in [1.54, 1.807) is 16.8 Å². The lowest BCUT2D eigenvalue weighted by atomic mass is 10.2. The molecule has 0 atom stereocenters. The van der Waals surface area contributed by atoms with Crippen molar-refractivity contribution in [3.8, 4) is 11.4 Å². The summed E-state index contributed by atoms with van der Waals surface area (Å²) in [4.78, 5) is 11.6. The van der Waals surface area contributed by atoms with Gasteiger partial charge in [0, 0.05) is 6.20 Å². The van der Waals surface area contributed by atoms with Gasteiger partial charge < -0.3 is 9.47 Å². The third-order valence-corrected chi connectivity index (χ3v) is 2.60. The van der Waals surface area contributed by atoms with Crippen LogP contribution in [0, 0.1) is 6.92 Å². The summed E-state index contributed by atoms with van der Waals surface area (Å²) < 4.78 is 12.4. The molecular weight excluding hydrogens is 292 g/mol. The van der Waals surface area contributed by atoms with Gasteiger partial charge in [-0.05, 0) is 58.0 Å². The number of benzene rings is 1. The molecule has 5 nitrogen and oxygen atoms in total. The number of esters is 1. The number of aryl methyl sites for hydroxylation is 1. The first-order valence-corrected chi connectivity index (χ1v) is 7.81. The highest BCUT2D eigenvalue weighted by molar-refractivity contribution is 5.71. The van der Waals surface area contributed by atoms with Crippen LogP contribution in [0.15, 0.2) is 36.5 Å². The molecular formula is C18H26N2O3. The van der Waals surface area contributed by atoms with Crippen molar-refractivity contribution in [3.05, 3.63) is 42.2 Å². The third-order valence-electron chi connectivity index (χ3n) is 2.60. The Morgan fingerprint density at radius 1 is 1.13 bits per heavy atom. The SMILES string of the molecule is CC.Cc1ccn(-c2ccc(OCC(=O)OC(C)(C)C)cc2)n1. The van der Waals surface area contributed by atoms with Gasteiger partial charge in [0.2, 0.25) is 0 Å². The van der Waals surface area contributed by atoms with Crippen LogP contribution in [0.4, 0.5) is 0 Å². The van der Waals surface area contributed by atoms with Gasteiger partial charge in [-0.15, -0.1) is 0 Å². The van der Waals surface area contributed by atoms with E-state index in [1.165, 1.54) is 0 Å². The van der Waals surface area contributed by atoms with Crippen molar-refractivity contribution in [3.63, 3.8) is 0 Å². The van der Waals surface area contributed by atoms with Gasteiger partial charge in [0.05, 0.1) is 11.4 Å². The first kappa shape index (κ1) is 18.7. The van der Waals surface area contributed by atoms with Crippen molar-refractivity contribution in [2.45, 2.75) is 47.1 Å². The summed E-state index contributed by atoms with van der Waals surface area (Å²) in [5.74, 6) is 0.239. The maximum atomic E-state index is 11.6. The molecule has 0 unspecified atom stereocenters. The second kappa shape index (κ2) is 8.36. The van der Waals surface area contributed by atoms with E-state index in [0.29, 0.717) is 5.75 Å². The largest absolute Gasteiger partial charge is 0.482 e. The van der Waals surface area contributed by atoms with Crippen molar-refractivity contribution in [1.29, 1.82) is 0 Å². The molecule has 0 bridgehead atoms. The molecule has 1 aromatic heterocycles. The fraction of sp³-hybridized carbons (Fsp3) is 0.444. The minimum atomic E-state index is -0.498. The number of rotatable bonds is 4. The van der Waals surface area contributed by atoms with Gasteiger partial charge in [0.15, 0.2) is 6.61 Å². The van der Waals surface area contributed by atoms with Crippen LogP contribution < -0.4 is 4.74 Å². The summed E-state index contributed by atoms with van der Waals surface area (Å²) in [6, 6.07) is 9.31. The first-order chi connectivity index (χ1) is 10.8. The summed E-state index contributed by atoms with van der Waals surface area (Å²) >= 11 is 0. The first-order valence-electron chi connectivity index (χ1n) is 7.81. The van der Waals surface area contributed by atoms with Gasteiger partial charge >= 0.3 is 5.97 Å². The van der Waals surface area contributed by atoms with Crippen LogP contribution in [0.25, 0.3) is 5.69 Å². The monoisotopic (exact) mass is 318 g/mol. The molecule has 0 radical (unpaired) electrons. The van der Waals surface area contributed by atoms with Gasteiger partial charge in [-0.1, -0.05) is 13.8 Å². The summed E-state index contributed by atoms with van der Waals surface area (Å²) in [5, 5.41) is 4.33. The number of nitrogens with zero attached hydrogens (tertiary/aromatic N) is 2. The van der Waals surface area contributed by atoms with Crippen molar-refractivity contribution in [2.75, 3.05) is 6.61 Å². The minimum Gasteiger partial charge on any atom is -0.482 e. The van der Waals surface area contributed by atoms with E-state index >= 15 is 0 Å². The average Bonchev–Trinajstić information content (AvgIpc) is 2.93. The molecule has 0 saturated heterocycles. The van der Waals surface area contributed by atoms with Gasteiger partial charge in [0.1, 0.15) is 11.4 Å². The number of hydrogen-bond acceptors (Lipinski definition) is 4. The van der Waals surface area contributed by atoms with Crippen molar-refractivity contribution in [1.82, 2.24) is 9.78 Å². The van der Waals surface area contributed by atoms with Gasteiger partial charge in [0.25, 0.3) is 0 Å². The highest BCUT2D eigenvalue weighted by Gasteiger charge is 2.16. The third kappa shape index (κ3) is 6.55. The molecule has 1 aromatic carbocycles. The predicted octanol–water partition coefficient (Wildman–Crippen LogP) is 3.93. The number of ether oxygens (including phenoxy) is 2. The number of hydrogen-bond donors (Lipinski definition) is 0. The van der Waals surface area contributed by atoms with Crippen molar-refractivity contribution >= 4 is 5.97 Å². The van der Waals surface area contributed by atoms with Crippen LogP contribution in [0.1, 0.15) is 40.3 Å². The number of carbonyl (C=O) groups excluding carboxylic acids is 1. The Hall–Kier alpha value is -2.30. The smallest absolute Gasteiger partial charge is 0.344 e. The molecule has 23 heavy (non-hydrogen) atoms. The van der Waals surface area contributed by atoms with Gasteiger partial charge in [-0.2, -0.15) is 5.10 Å². The van der Waals surface area contributed by atoms with Crippen molar-refractivity contribution < 1.29 is 14.3 Å². The van der Waals surface area contributed by atoms with Crippen LogP contribution in [0.5, 0.6) is 5.75 Å². The molecule has 0 aliphatic carbocycles. The van der Waals surface area contributed by atoms with Gasteiger partial charge in [-0.25, -0.2) is 9.48 Å². The highest BCUT2D eigenvalue weighted by Crippen LogP contribution is 2.15. The Morgan fingerprint density at radius 2 is 1.74 bits per heavy atom. The normalized spacial score (nSPS) is 10.5. The Balaban J connectivity index is 0.00000127. The van der Waals surface area contributed by atoms with E-state index < -0.39 is 5.60 Å². The molecule has 0 fully saturated rings. The van der Waals surface area contributed by atoms with E-state index in [-0.39, 0.29) is 12.6 Å². The predicted molar refractivity (Wildman–Crippen MR) is 91.0 cm³/mol. The molecule has 0 aliphatic heterocycles. The van der Waals surface area contributed by atoms with E-state index in [1.807, 2.05) is 65.9 Å². The molecule has 2 rings (SSSR count). The lowest BCUT2D eigenvalue weighted by Crippen LogP contribution is -2.27. The molecule has 5 heteroatoms. The van der Waals surface area contributed by atoms with Crippen LogP contribution in [0.2, 0.25) is 0 Å². The van der Waals surface area contributed by atoms with Crippen LogP contribution in [-0.4, -0.2) is 28.0 Å². The molecule has 0 N–H and O–H groups in total. The maximum absolute atomic E-state index is 11.6. The fourth-order valence-corrected chi connectivity index (χ4v) is 1.77. The quantitative estimate of drug-likeness (QED) is 0.802. The summed E-state index contributed by atoms with van der Waals surface area (Å²) in [7, 11) is 0. The van der Waals surface area contributed by atoms with Crippen LogP contribution >= 0.6 is 0 Å². The van der Waals surface area contributed by atoms with Crippen LogP contribution in [0.3, 0.4) is 0 Å². The van der Waals surface area contributed by atoms with Crippen LogP contribution in [-0.2, 0) is 9.53 Å². The molecule has 0 aliphatic rings. The van der Waals surface area contributed by atoms with Gasteiger partial charge in [-0.3, -0.25) is 0 Å². The van der Waals surface area contributed by atoms with E-state index in [0.717, 1.165) is 11.4 Å². The molecule has 126 valence electrons. The zero-order chi connectivity index (χ0) is 17.5. The maximum Gasteiger partial charge on any atom is 0.344 e. The number of carbonyl (C=O) groups is 1. The Bertz CT molecular complexity index is 610. The highest BCUT2D eigenvalue weighted by atomic mass is 16.6. The standard InChI is InChI=1S/C16H20N2O3.C2H6/c1-12-9-10-18(17-12)13-5-7-14(8-6-13)20-11-15(19)21-16(2,3)4;1-2/h5-10H,11H2,1-4H3;1-2H3. The van der Waals surface area contributed by atoms with E-state index in [9.17, 15) is 4.79 Å². The Morgan fingerprint density at radius 3 is 2.22 bits per heavy atom. The zero-order valence-corrected chi connectivity index (χ0v) is 14.8. The fourth-order valence-electron chi connectivity index (χ4n) is 1.77. The van der Waals surface area contributed by atoms with E-state index in [2.05, 4.69) is 5.10 Å². The molecule has 0 spiro atoms. The second-order valence-corrected chi connectivity index (χ2v) is 5.77. The van der Waals surface area contributed by atoms with Crippen molar-refractivity contribution in [2.24, 2.45) is 0 Å². The summed E-state index contributed by atoms with van der Waals surface area (Å²) in [6.45, 7) is 11.3. The lowest BCUT2D eigenvalue weighted by Gasteiger charge is -2.19. The summed E-state index contributed by atoms with van der Waals surface area (Å²) in [5.41, 5.74) is 1.40. The Labute approximate surface area is 138 Å². The number of aromatic nitrogens is 2.